The standard InChI is InChI=1S/C11H10F3NO6.C9H6F3NO3/c1-2-19-10(16)6-20-9-4-3-7(21-11(12,13)14)5-8(9)15(17)18;10-9(11,12)16-5-1-2-7-6(3-5)13-8(14)4-15-7/h3-5H,2,6H2,1H3;1-3H,4H2,(H,13,14). The maximum atomic E-state index is 12.0. The Morgan fingerprint density at radius 1 is 1.05 bits per heavy atom. The van der Waals surface area contributed by atoms with Gasteiger partial charge in [0.05, 0.1) is 23.3 Å². The summed E-state index contributed by atoms with van der Waals surface area (Å²) in [4.78, 5) is 31.8. The van der Waals surface area contributed by atoms with Crippen molar-refractivity contribution in [2.45, 2.75) is 19.6 Å². The Balaban J connectivity index is 0.000000269. The summed E-state index contributed by atoms with van der Waals surface area (Å²) in [6, 6.07) is 5.76. The van der Waals surface area contributed by atoms with Gasteiger partial charge in [0.1, 0.15) is 17.2 Å². The zero-order valence-electron chi connectivity index (χ0n) is 18.5. The molecule has 1 amide bonds. The molecule has 11 nitrogen and oxygen atoms in total. The van der Waals surface area contributed by atoms with E-state index in [0.29, 0.717) is 11.8 Å². The lowest BCUT2D eigenvalue weighted by Gasteiger charge is -2.18. The number of nitro groups is 1. The number of carbonyl (C=O) groups excluding carboxylic acids is 2. The number of amides is 1. The number of nitrogens with zero attached hydrogens (tertiary/aromatic N) is 1. The van der Waals surface area contributed by atoms with Crippen LogP contribution in [0, 0.1) is 10.1 Å². The predicted octanol–water partition coefficient (Wildman–Crippen LogP) is 4.35. The molecule has 0 saturated carbocycles. The van der Waals surface area contributed by atoms with Gasteiger partial charge in [0.15, 0.2) is 19.0 Å². The molecule has 0 spiro atoms. The minimum atomic E-state index is -4.97. The van der Waals surface area contributed by atoms with Crippen molar-refractivity contribution in [3.63, 3.8) is 0 Å². The molecule has 17 heteroatoms. The Morgan fingerprint density at radius 2 is 1.65 bits per heavy atom. The summed E-state index contributed by atoms with van der Waals surface area (Å²) in [7, 11) is 0. The minimum absolute atomic E-state index is 0.0998. The quantitative estimate of drug-likeness (QED) is 0.234. The van der Waals surface area contributed by atoms with Gasteiger partial charge < -0.3 is 29.0 Å². The highest BCUT2D eigenvalue weighted by Gasteiger charge is 2.33. The minimum Gasteiger partial charge on any atom is -0.482 e. The van der Waals surface area contributed by atoms with Crippen molar-refractivity contribution in [2.24, 2.45) is 0 Å². The Morgan fingerprint density at radius 3 is 2.22 bits per heavy atom. The van der Waals surface area contributed by atoms with Crippen LogP contribution < -0.4 is 24.3 Å². The highest BCUT2D eigenvalue weighted by Crippen LogP contribution is 2.34. The third kappa shape index (κ3) is 9.98. The second kappa shape index (κ2) is 12.0. The number of rotatable bonds is 7. The third-order valence-electron chi connectivity index (χ3n) is 3.83. The Labute approximate surface area is 202 Å². The molecule has 0 unspecified atom stereocenters. The van der Waals surface area contributed by atoms with Gasteiger partial charge in [0.25, 0.3) is 5.91 Å². The molecule has 0 radical (unpaired) electrons. The van der Waals surface area contributed by atoms with Crippen molar-refractivity contribution in [2.75, 3.05) is 25.1 Å². The lowest BCUT2D eigenvalue weighted by molar-refractivity contribution is -0.386. The Kier molecular flexibility index (Phi) is 9.34. The summed E-state index contributed by atoms with van der Waals surface area (Å²) in [5, 5.41) is 13.2. The monoisotopic (exact) mass is 542 g/mol. The van der Waals surface area contributed by atoms with Crippen LogP contribution in [-0.2, 0) is 14.3 Å². The molecule has 1 heterocycles. The fourth-order valence-corrected chi connectivity index (χ4v) is 2.56. The van der Waals surface area contributed by atoms with Crippen LogP contribution in [0.1, 0.15) is 6.92 Å². The van der Waals surface area contributed by atoms with Gasteiger partial charge in [-0.2, -0.15) is 0 Å². The number of ether oxygens (including phenoxy) is 5. The average molecular weight is 542 g/mol. The summed E-state index contributed by atoms with van der Waals surface area (Å²) < 4.78 is 93.4. The van der Waals surface area contributed by atoms with E-state index >= 15 is 0 Å². The molecule has 2 aromatic carbocycles. The molecule has 1 N–H and O–H groups in total. The lowest BCUT2D eigenvalue weighted by atomic mass is 10.2. The van der Waals surface area contributed by atoms with Crippen LogP contribution >= 0.6 is 0 Å². The van der Waals surface area contributed by atoms with E-state index in [4.69, 9.17) is 9.47 Å². The summed E-state index contributed by atoms with van der Waals surface area (Å²) in [5.41, 5.74) is -0.598. The number of alkyl halides is 6. The maximum Gasteiger partial charge on any atom is 0.573 e. The number of nitrogens with one attached hydrogen (secondary N) is 1. The van der Waals surface area contributed by atoms with E-state index in [1.165, 1.54) is 6.07 Å². The number of benzene rings is 2. The highest BCUT2D eigenvalue weighted by molar-refractivity contribution is 5.95. The van der Waals surface area contributed by atoms with E-state index in [2.05, 4.69) is 19.5 Å². The van der Waals surface area contributed by atoms with E-state index in [1.807, 2.05) is 0 Å². The van der Waals surface area contributed by atoms with Crippen LogP contribution in [0.4, 0.5) is 37.7 Å². The van der Waals surface area contributed by atoms with Crippen molar-refractivity contribution in [3.05, 3.63) is 46.5 Å². The first-order chi connectivity index (χ1) is 17.2. The number of carbonyl (C=O) groups is 2. The smallest absolute Gasteiger partial charge is 0.482 e. The summed E-state index contributed by atoms with van der Waals surface area (Å²) in [6.07, 6.45) is -9.73. The molecule has 202 valence electrons. The molecule has 0 atom stereocenters. The van der Waals surface area contributed by atoms with Crippen LogP contribution in [0.15, 0.2) is 36.4 Å². The van der Waals surface area contributed by atoms with E-state index in [0.717, 1.165) is 24.3 Å². The number of esters is 1. The van der Waals surface area contributed by atoms with E-state index < -0.39 is 53.3 Å². The van der Waals surface area contributed by atoms with Crippen molar-refractivity contribution < 1.29 is 64.5 Å². The third-order valence-corrected chi connectivity index (χ3v) is 3.83. The van der Waals surface area contributed by atoms with Crippen LogP contribution in [0.2, 0.25) is 0 Å². The molecule has 0 aliphatic carbocycles. The first-order valence-electron chi connectivity index (χ1n) is 9.82. The zero-order chi connectivity index (χ0) is 27.8. The lowest BCUT2D eigenvalue weighted by Crippen LogP contribution is -2.25. The second-order valence-corrected chi connectivity index (χ2v) is 6.57. The van der Waals surface area contributed by atoms with Gasteiger partial charge >= 0.3 is 24.4 Å². The molecule has 2 aromatic rings. The molecule has 0 fully saturated rings. The van der Waals surface area contributed by atoms with Crippen molar-refractivity contribution in [1.29, 1.82) is 0 Å². The molecule has 37 heavy (non-hydrogen) atoms. The number of anilines is 1. The van der Waals surface area contributed by atoms with Crippen molar-refractivity contribution >= 4 is 23.3 Å². The summed E-state index contributed by atoms with van der Waals surface area (Å²) >= 11 is 0. The van der Waals surface area contributed by atoms with Crippen LogP contribution in [0.3, 0.4) is 0 Å². The topological polar surface area (TPSA) is 135 Å². The maximum absolute atomic E-state index is 12.0. The number of fused-ring (bicyclic) bond motifs is 1. The Hall–Kier alpha value is -4.44. The van der Waals surface area contributed by atoms with E-state index in [1.54, 1.807) is 6.92 Å². The number of halogens is 6. The van der Waals surface area contributed by atoms with E-state index in [9.17, 15) is 46.0 Å². The van der Waals surface area contributed by atoms with Gasteiger partial charge in [-0.1, -0.05) is 0 Å². The van der Waals surface area contributed by atoms with Crippen molar-refractivity contribution in [3.8, 4) is 23.0 Å². The number of nitro benzene ring substituents is 1. The van der Waals surface area contributed by atoms with Gasteiger partial charge in [-0.25, -0.2) is 4.79 Å². The number of hydrogen-bond donors (Lipinski definition) is 1. The fraction of sp³-hybridized carbons (Fsp3) is 0.300. The summed E-state index contributed by atoms with van der Waals surface area (Å²) in [5.74, 6) is -2.41. The largest absolute Gasteiger partial charge is 0.573 e. The van der Waals surface area contributed by atoms with Crippen LogP contribution in [0.5, 0.6) is 23.0 Å². The van der Waals surface area contributed by atoms with Gasteiger partial charge in [-0.3, -0.25) is 14.9 Å². The zero-order valence-corrected chi connectivity index (χ0v) is 18.5. The Bertz CT molecular complexity index is 1140. The molecule has 0 bridgehead atoms. The van der Waals surface area contributed by atoms with E-state index in [-0.39, 0.29) is 24.7 Å². The highest BCUT2D eigenvalue weighted by atomic mass is 19.4. The molecular formula is C20H16F6N2O9. The van der Waals surface area contributed by atoms with Gasteiger partial charge in [-0.05, 0) is 31.2 Å². The van der Waals surface area contributed by atoms with Crippen molar-refractivity contribution in [1.82, 2.24) is 0 Å². The van der Waals surface area contributed by atoms with Gasteiger partial charge in [0, 0.05) is 6.07 Å². The molecule has 0 saturated heterocycles. The SMILES string of the molecule is CCOC(=O)COc1ccc(OC(F)(F)F)cc1[N+](=O)[O-].O=C1COc2ccc(OC(F)(F)F)cc2N1. The first-order valence-corrected chi connectivity index (χ1v) is 9.82. The fourth-order valence-electron chi connectivity index (χ4n) is 2.56. The molecule has 1 aliphatic rings. The second-order valence-electron chi connectivity index (χ2n) is 6.57. The average Bonchev–Trinajstić information content (AvgIpc) is 2.76. The molecular weight excluding hydrogens is 526 g/mol. The molecule has 0 aromatic heterocycles. The predicted molar refractivity (Wildman–Crippen MR) is 109 cm³/mol. The number of hydrogen-bond acceptors (Lipinski definition) is 9. The summed E-state index contributed by atoms with van der Waals surface area (Å²) in [6.45, 7) is 0.910. The van der Waals surface area contributed by atoms with Crippen LogP contribution in [0.25, 0.3) is 0 Å². The first kappa shape index (κ1) is 28.8. The van der Waals surface area contributed by atoms with Gasteiger partial charge in [-0.15, -0.1) is 26.3 Å². The molecule has 1 aliphatic heterocycles. The molecule has 3 rings (SSSR count). The normalized spacial score (nSPS) is 12.6. The van der Waals surface area contributed by atoms with Gasteiger partial charge in [0.2, 0.25) is 0 Å². The van der Waals surface area contributed by atoms with Crippen LogP contribution in [-0.4, -0.2) is 49.3 Å².